The molecule has 1 N–H and O–H groups in total. The Morgan fingerprint density at radius 2 is 1.81 bits per heavy atom. The Morgan fingerprint density at radius 3 is 2.48 bits per heavy atom. The number of likely N-dealkylation sites (tertiary alicyclic amines) is 1. The van der Waals surface area contributed by atoms with Gasteiger partial charge >= 0.3 is 5.97 Å². The summed E-state index contributed by atoms with van der Waals surface area (Å²) in [7, 11) is 0. The van der Waals surface area contributed by atoms with Crippen LogP contribution in [-0.4, -0.2) is 35.6 Å². The first-order chi connectivity index (χ1) is 14.5. The summed E-state index contributed by atoms with van der Waals surface area (Å²) in [6.07, 6.45) is 4.34. The Bertz CT molecular complexity index is 946. The molecular weight excluding hydrogens is 410 g/mol. The minimum atomic E-state index is -0.671. The summed E-state index contributed by atoms with van der Waals surface area (Å²) >= 11 is 0. The number of hydrogen-bond donors (Lipinski definition) is 1. The van der Waals surface area contributed by atoms with Gasteiger partial charge in [-0.15, -0.1) is 12.4 Å². The van der Waals surface area contributed by atoms with Crippen molar-refractivity contribution in [1.29, 1.82) is 0 Å². The van der Waals surface area contributed by atoms with Crippen molar-refractivity contribution in [2.75, 3.05) is 19.6 Å². The maximum atomic E-state index is 11.0. The monoisotopic (exact) mass is 441 g/mol. The summed E-state index contributed by atoms with van der Waals surface area (Å²) in [5.74, 6) is 0.0642. The van der Waals surface area contributed by atoms with Crippen LogP contribution in [0, 0.1) is 5.92 Å². The molecule has 1 aliphatic carbocycles. The van der Waals surface area contributed by atoms with Gasteiger partial charge in [0.2, 0.25) is 0 Å². The predicted octanol–water partition coefficient (Wildman–Crippen LogP) is 5.38. The molecule has 31 heavy (non-hydrogen) atoms. The van der Waals surface area contributed by atoms with E-state index in [9.17, 15) is 4.79 Å². The molecular formula is C26H32ClNO3. The largest absolute Gasteiger partial charge is 0.489 e. The molecule has 1 fully saturated rings. The van der Waals surface area contributed by atoms with E-state index in [2.05, 4.69) is 61.2 Å². The highest BCUT2D eigenvalue weighted by Crippen LogP contribution is 2.34. The Balaban J connectivity index is 0.00000272. The van der Waals surface area contributed by atoms with Crippen LogP contribution >= 0.6 is 12.4 Å². The van der Waals surface area contributed by atoms with E-state index in [1.165, 1.54) is 39.8 Å². The summed E-state index contributed by atoms with van der Waals surface area (Å²) in [5, 5.41) is 9.06. The Morgan fingerprint density at radius 1 is 1.10 bits per heavy atom. The average Bonchev–Trinajstić information content (AvgIpc) is 2.71. The second kappa shape index (κ2) is 10.3. The lowest BCUT2D eigenvalue weighted by Gasteiger charge is -2.38. The van der Waals surface area contributed by atoms with Crippen LogP contribution in [0.25, 0.3) is 5.57 Å². The number of nitrogens with zero attached hydrogens (tertiary/aromatic N) is 1. The van der Waals surface area contributed by atoms with Gasteiger partial charge in [-0.25, -0.2) is 0 Å². The molecule has 4 rings (SSSR count). The normalized spacial score (nSPS) is 16.3. The van der Waals surface area contributed by atoms with Crippen molar-refractivity contribution in [3.05, 3.63) is 70.3 Å². The van der Waals surface area contributed by atoms with Crippen LogP contribution in [0.1, 0.15) is 48.9 Å². The van der Waals surface area contributed by atoms with Gasteiger partial charge < -0.3 is 9.84 Å². The lowest BCUT2D eigenvalue weighted by Crippen LogP contribution is -2.50. The fourth-order valence-electron chi connectivity index (χ4n) is 4.48. The van der Waals surface area contributed by atoms with Crippen molar-refractivity contribution in [1.82, 2.24) is 4.90 Å². The van der Waals surface area contributed by atoms with Gasteiger partial charge in [-0.05, 0) is 66.1 Å². The first kappa shape index (κ1) is 23.4. The third-order valence-electron chi connectivity index (χ3n) is 6.40. The molecule has 0 amide bonds. The van der Waals surface area contributed by atoms with Crippen LogP contribution in [0.3, 0.4) is 0 Å². The van der Waals surface area contributed by atoms with Crippen molar-refractivity contribution >= 4 is 23.9 Å². The molecule has 1 heterocycles. The molecule has 0 aromatic heterocycles. The maximum Gasteiger partial charge on any atom is 0.309 e. The molecule has 1 saturated heterocycles. The summed E-state index contributed by atoms with van der Waals surface area (Å²) in [6, 6.07) is 15.1. The minimum Gasteiger partial charge on any atom is -0.489 e. The highest BCUT2D eigenvalue weighted by molar-refractivity contribution is 5.85. The molecule has 2 aromatic carbocycles. The number of ether oxygens (including phenoxy) is 1. The van der Waals surface area contributed by atoms with E-state index < -0.39 is 5.97 Å². The molecule has 0 atom stereocenters. The standard InChI is InChI=1S/C26H31NO3.ClH/c1-3-4-19-5-7-20(8-6-19)17-30-24-11-12-25-18(2)22(10-9-21(25)13-24)14-27-15-23(16-27)26(28)29;/h5-8,11-13,23H,3-4,9-10,14-17H2,1-2H3,(H,28,29);1H. The molecule has 0 unspecified atom stereocenters. The summed E-state index contributed by atoms with van der Waals surface area (Å²) in [4.78, 5) is 13.3. The maximum absolute atomic E-state index is 11.0. The van der Waals surface area contributed by atoms with Crippen LogP contribution in [0.2, 0.25) is 0 Å². The smallest absolute Gasteiger partial charge is 0.309 e. The van der Waals surface area contributed by atoms with Crippen LogP contribution in [0.5, 0.6) is 5.75 Å². The second-order valence-electron chi connectivity index (χ2n) is 8.63. The van der Waals surface area contributed by atoms with Crippen molar-refractivity contribution in [2.45, 2.75) is 46.1 Å². The molecule has 0 spiro atoms. The number of allylic oxidation sites excluding steroid dienone is 1. The molecule has 0 bridgehead atoms. The lowest BCUT2D eigenvalue weighted by molar-refractivity contribution is -0.147. The van der Waals surface area contributed by atoms with Crippen molar-refractivity contribution < 1.29 is 14.6 Å². The number of carboxylic acid groups (broad SMARTS) is 1. The van der Waals surface area contributed by atoms with Crippen LogP contribution in [0.4, 0.5) is 0 Å². The second-order valence-corrected chi connectivity index (χ2v) is 8.63. The lowest BCUT2D eigenvalue weighted by atomic mass is 9.85. The number of carboxylic acids is 1. The molecule has 4 nitrogen and oxygen atoms in total. The SMILES string of the molecule is CCCc1ccc(COc2ccc3c(c2)CCC(CN2CC(C(=O)O)C2)=C3C)cc1.Cl. The zero-order valence-corrected chi connectivity index (χ0v) is 19.2. The molecule has 2 aliphatic rings. The van der Waals surface area contributed by atoms with E-state index in [4.69, 9.17) is 9.84 Å². The van der Waals surface area contributed by atoms with Crippen LogP contribution in [-0.2, 0) is 24.2 Å². The van der Waals surface area contributed by atoms with E-state index >= 15 is 0 Å². The molecule has 5 heteroatoms. The zero-order valence-electron chi connectivity index (χ0n) is 18.4. The van der Waals surface area contributed by atoms with E-state index in [0.29, 0.717) is 19.7 Å². The van der Waals surface area contributed by atoms with Gasteiger partial charge in [0.1, 0.15) is 12.4 Å². The number of carbonyl (C=O) groups is 1. The Hall–Kier alpha value is -2.30. The van der Waals surface area contributed by atoms with E-state index in [-0.39, 0.29) is 18.3 Å². The van der Waals surface area contributed by atoms with Crippen LogP contribution < -0.4 is 4.74 Å². The molecule has 0 saturated carbocycles. The number of hydrogen-bond acceptors (Lipinski definition) is 3. The number of aliphatic carboxylic acids is 1. The predicted molar refractivity (Wildman–Crippen MR) is 127 cm³/mol. The number of rotatable bonds is 8. The van der Waals surface area contributed by atoms with Gasteiger partial charge in [0.05, 0.1) is 5.92 Å². The quantitative estimate of drug-likeness (QED) is 0.597. The third kappa shape index (κ3) is 5.50. The average molecular weight is 442 g/mol. The topological polar surface area (TPSA) is 49.8 Å². The van der Waals surface area contributed by atoms with E-state index in [1.807, 2.05) is 0 Å². The van der Waals surface area contributed by atoms with Gasteiger partial charge in [0.15, 0.2) is 0 Å². The van der Waals surface area contributed by atoms with Crippen molar-refractivity contribution in [2.24, 2.45) is 5.92 Å². The molecule has 2 aromatic rings. The number of benzene rings is 2. The van der Waals surface area contributed by atoms with E-state index in [0.717, 1.165) is 31.6 Å². The van der Waals surface area contributed by atoms with Gasteiger partial charge in [-0.1, -0.05) is 49.2 Å². The van der Waals surface area contributed by atoms with Crippen molar-refractivity contribution in [3.63, 3.8) is 0 Å². The zero-order chi connectivity index (χ0) is 21.1. The van der Waals surface area contributed by atoms with Gasteiger partial charge in [-0.2, -0.15) is 0 Å². The molecule has 1 aliphatic heterocycles. The van der Waals surface area contributed by atoms with Gasteiger partial charge in [-0.3, -0.25) is 9.69 Å². The Labute approximate surface area is 191 Å². The molecule has 0 radical (unpaired) electrons. The molecule has 166 valence electrons. The Kier molecular flexibility index (Phi) is 7.79. The van der Waals surface area contributed by atoms with E-state index in [1.54, 1.807) is 0 Å². The minimum absolute atomic E-state index is 0. The first-order valence-electron chi connectivity index (χ1n) is 11.0. The number of aryl methyl sites for hydroxylation is 2. The summed E-state index contributed by atoms with van der Waals surface area (Å²) < 4.78 is 6.07. The third-order valence-corrected chi connectivity index (χ3v) is 6.40. The fourth-order valence-corrected chi connectivity index (χ4v) is 4.48. The van der Waals surface area contributed by atoms with Crippen molar-refractivity contribution in [3.8, 4) is 5.75 Å². The highest BCUT2D eigenvalue weighted by Gasteiger charge is 2.33. The summed E-state index contributed by atoms with van der Waals surface area (Å²) in [6.45, 7) is 7.22. The van der Waals surface area contributed by atoms with Gasteiger partial charge in [0.25, 0.3) is 0 Å². The van der Waals surface area contributed by atoms with Gasteiger partial charge in [0, 0.05) is 19.6 Å². The number of fused-ring (bicyclic) bond motifs is 1. The highest BCUT2D eigenvalue weighted by atomic mass is 35.5. The summed E-state index contributed by atoms with van der Waals surface area (Å²) in [5.41, 5.74) is 8.01. The fraction of sp³-hybridized carbons (Fsp3) is 0.423. The first-order valence-corrected chi connectivity index (χ1v) is 11.0. The van der Waals surface area contributed by atoms with Crippen LogP contribution in [0.15, 0.2) is 48.0 Å². The number of halogens is 1.